The van der Waals surface area contributed by atoms with Gasteiger partial charge in [0.15, 0.2) is 5.96 Å². The SMILES string of the molecule is CN=C(NCCc1ccccc1F)NCc1c(C)nn(CCOC)c1C.I. The first-order valence-corrected chi connectivity index (χ1v) is 8.76. The second-order valence-electron chi connectivity index (χ2n) is 6.06. The number of aromatic nitrogens is 2. The first kappa shape index (κ1) is 23.4. The second-order valence-corrected chi connectivity index (χ2v) is 6.06. The number of rotatable bonds is 8. The molecule has 0 saturated heterocycles. The lowest BCUT2D eigenvalue weighted by Gasteiger charge is -2.12. The third-order valence-corrected chi connectivity index (χ3v) is 4.34. The van der Waals surface area contributed by atoms with E-state index in [-0.39, 0.29) is 29.8 Å². The predicted octanol–water partition coefficient (Wildman–Crippen LogP) is 2.81. The summed E-state index contributed by atoms with van der Waals surface area (Å²) < 4.78 is 20.7. The summed E-state index contributed by atoms with van der Waals surface area (Å²) in [6, 6.07) is 6.83. The lowest BCUT2D eigenvalue weighted by molar-refractivity contribution is 0.182. The van der Waals surface area contributed by atoms with Gasteiger partial charge in [0.05, 0.1) is 18.8 Å². The fraction of sp³-hybridized carbons (Fsp3) is 0.474. The van der Waals surface area contributed by atoms with E-state index < -0.39 is 0 Å². The summed E-state index contributed by atoms with van der Waals surface area (Å²) in [6.45, 7) is 6.66. The van der Waals surface area contributed by atoms with E-state index in [0.29, 0.717) is 37.6 Å². The van der Waals surface area contributed by atoms with Crippen molar-refractivity contribution in [1.82, 2.24) is 20.4 Å². The summed E-state index contributed by atoms with van der Waals surface area (Å²) >= 11 is 0. The quantitative estimate of drug-likeness (QED) is 0.340. The monoisotopic (exact) mass is 489 g/mol. The highest BCUT2D eigenvalue weighted by atomic mass is 127. The van der Waals surface area contributed by atoms with Crippen LogP contribution in [0.15, 0.2) is 29.3 Å². The molecule has 6 nitrogen and oxygen atoms in total. The van der Waals surface area contributed by atoms with E-state index in [0.717, 1.165) is 23.5 Å². The van der Waals surface area contributed by atoms with Crippen LogP contribution >= 0.6 is 24.0 Å². The standard InChI is InChI=1S/C19H28FN5O.HI/c1-14-17(15(2)25(24-14)11-12-26-4)13-23-19(21-3)22-10-9-16-7-5-6-8-18(16)20;/h5-8H,9-13H2,1-4H3,(H2,21,22,23);1H. The van der Waals surface area contributed by atoms with Crippen LogP contribution in [-0.2, 0) is 24.2 Å². The van der Waals surface area contributed by atoms with Gasteiger partial charge >= 0.3 is 0 Å². The van der Waals surface area contributed by atoms with Crippen molar-refractivity contribution < 1.29 is 9.13 Å². The zero-order valence-electron chi connectivity index (χ0n) is 16.4. The molecule has 0 spiro atoms. The first-order valence-electron chi connectivity index (χ1n) is 8.76. The zero-order valence-corrected chi connectivity index (χ0v) is 18.7. The fourth-order valence-corrected chi connectivity index (χ4v) is 2.79. The maximum atomic E-state index is 13.7. The summed E-state index contributed by atoms with van der Waals surface area (Å²) in [4.78, 5) is 4.23. The maximum Gasteiger partial charge on any atom is 0.191 e. The largest absolute Gasteiger partial charge is 0.383 e. The average Bonchev–Trinajstić information content (AvgIpc) is 2.91. The zero-order chi connectivity index (χ0) is 18.9. The lowest BCUT2D eigenvalue weighted by atomic mass is 10.1. The number of hydrogen-bond acceptors (Lipinski definition) is 3. The molecule has 2 rings (SSSR count). The molecule has 1 aromatic heterocycles. The molecule has 0 atom stereocenters. The molecule has 0 aliphatic carbocycles. The summed E-state index contributed by atoms with van der Waals surface area (Å²) in [6.07, 6.45) is 0.598. The number of ether oxygens (including phenoxy) is 1. The smallest absolute Gasteiger partial charge is 0.191 e. The third-order valence-electron chi connectivity index (χ3n) is 4.34. The van der Waals surface area contributed by atoms with Gasteiger partial charge in [0.1, 0.15) is 5.82 Å². The number of methoxy groups -OCH3 is 1. The van der Waals surface area contributed by atoms with Gasteiger partial charge in [-0.15, -0.1) is 24.0 Å². The molecule has 150 valence electrons. The minimum Gasteiger partial charge on any atom is -0.383 e. The van der Waals surface area contributed by atoms with E-state index in [2.05, 4.69) is 27.6 Å². The molecule has 0 bridgehead atoms. The van der Waals surface area contributed by atoms with Crippen LogP contribution in [0.4, 0.5) is 4.39 Å². The number of halogens is 2. The molecule has 8 heteroatoms. The van der Waals surface area contributed by atoms with Crippen LogP contribution in [-0.4, -0.2) is 43.0 Å². The van der Waals surface area contributed by atoms with Gasteiger partial charge in [0.2, 0.25) is 0 Å². The lowest BCUT2D eigenvalue weighted by Crippen LogP contribution is -2.38. The van der Waals surface area contributed by atoms with Crippen LogP contribution in [0.5, 0.6) is 0 Å². The highest BCUT2D eigenvalue weighted by molar-refractivity contribution is 14.0. The molecule has 0 radical (unpaired) electrons. The Labute approximate surface area is 177 Å². The minimum atomic E-state index is -0.174. The Morgan fingerprint density at radius 1 is 1.26 bits per heavy atom. The van der Waals surface area contributed by atoms with Crippen molar-refractivity contribution in [3.05, 3.63) is 52.6 Å². The Morgan fingerprint density at radius 2 is 2.00 bits per heavy atom. The molecule has 1 aromatic carbocycles. The van der Waals surface area contributed by atoms with E-state index in [1.807, 2.05) is 17.7 Å². The number of nitrogens with one attached hydrogen (secondary N) is 2. The van der Waals surface area contributed by atoms with E-state index in [4.69, 9.17) is 4.74 Å². The molecule has 0 amide bonds. The van der Waals surface area contributed by atoms with Crippen molar-refractivity contribution in [1.29, 1.82) is 0 Å². The van der Waals surface area contributed by atoms with Crippen LogP contribution in [0.2, 0.25) is 0 Å². The summed E-state index contributed by atoms with van der Waals surface area (Å²) in [7, 11) is 3.41. The molecule has 0 unspecified atom stereocenters. The summed E-state index contributed by atoms with van der Waals surface area (Å²) in [5, 5.41) is 11.1. The van der Waals surface area contributed by atoms with Gasteiger partial charge in [0.25, 0.3) is 0 Å². The average molecular weight is 489 g/mol. The number of aryl methyl sites for hydroxylation is 1. The van der Waals surface area contributed by atoms with Gasteiger partial charge in [-0.05, 0) is 31.9 Å². The Kier molecular flexibility index (Phi) is 10.3. The van der Waals surface area contributed by atoms with Crippen LogP contribution in [0.1, 0.15) is 22.5 Å². The highest BCUT2D eigenvalue weighted by Gasteiger charge is 2.11. The molecule has 0 aliphatic heterocycles. The molecule has 0 fully saturated rings. The van der Waals surface area contributed by atoms with Crippen molar-refractivity contribution in [2.24, 2.45) is 4.99 Å². The van der Waals surface area contributed by atoms with E-state index in [1.54, 1.807) is 26.3 Å². The van der Waals surface area contributed by atoms with Crippen LogP contribution in [0.3, 0.4) is 0 Å². The Hall–Kier alpha value is -1.68. The Morgan fingerprint density at radius 3 is 2.67 bits per heavy atom. The van der Waals surface area contributed by atoms with Crippen molar-refractivity contribution in [3.63, 3.8) is 0 Å². The maximum absolute atomic E-state index is 13.7. The van der Waals surface area contributed by atoms with Gasteiger partial charge in [-0.3, -0.25) is 9.67 Å². The molecule has 1 heterocycles. The number of benzene rings is 1. The highest BCUT2D eigenvalue weighted by Crippen LogP contribution is 2.12. The topological polar surface area (TPSA) is 63.5 Å². The van der Waals surface area contributed by atoms with Gasteiger partial charge in [-0.1, -0.05) is 18.2 Å². The van der Waals surface area contributed by atoms with Gasteiger partial charge in [0, 0.05) is 38.5 Å². The van der Waals surface area contributed by atoms with Gasteiger partial charge in [-0.2, -0.15) is 5.10 Å². The number of nitrogens with zero attached hydrogens (tertiary/aromatic N) is 3. The Balaban J connectivity index is 0.00000364. The first-order chi connectivity index (χ1) is 12.6. The molecule has 27 heavy (non-hydrogen) atoms. The number of hydrogen-bond donors (Lipinski definition) is 2. The normalized spacial score (nSPS) is 11.2. The van der Waals surface area contributed by atoms with Crippen molar-refractivity contribution in [2.45, 2.75) is 33.4 Å². The fourth-order valence-electron chi connectivity index (χ4n) is 2.79. The number of aliphatic imine (C=N–C) groups is 1. The summed E-state index contributed by atoms with van der Waals surface area (Å²) in [5.74, 6) is 0.511. The molecular weight excluding hydrogens is 460 g/mol. The number of guanidine groups is 1. The van der Waals surface area contributed by atoms with Gasteiger partial charge in [-0.25, -0.2) is 4.39 Å². The van der Waals surface area contributed by atoms with Crippen molar-refractivity contribution in [3.8, 4) is 0 Å². The Bertz CT molecular complexity index is 748. The molecule has 0 aliphatic rings. The molecule has 0 saturated carbocycles. The van der Waals surface area contributed by atoms with Gasteiger partial charge < -0.3 is 15.4 Å². The molecular formula is C19H29FIN5O. The van der Waals surface area contributed by atoms with Crippen molar-refractivity contribution >= 4 is 29.9 Å². The van der Waals surface area contributed by atoms with E-state index in [1.165, 1.54) is 6.07 Å². The second kappa shape index (κ2) is 11.9. The van der Waals surface area contributed by atoms with Crippen LogP contribution < -0.4 is 10.6 Å². The van der Waals surface area contributed by atoms with E-state index in [9.17, 15) is 4.39 Å². The van der Waals surface area contributed by atoms with Crippen LogP contribution in [0, 0.1) is 19.7 Å². The molecule has 2 N–H and O–H groups in total. The van der Waals surface area contributed by atoms with E-state index >= 15 is 0 Å². The van der Waals surface area contributed by atoms with Crippen molar-refractivity contribution in [2.75, 3.05) is 27.3 Å². The molecule has 2 aromatic rings. The summed E-state index contributed by atoms with van der Waals surface area (Å²) in [5.41, 5.74) is 3.96. The predicted molar refractivity (Wildman–Crippen MR) is 117 cm³/mol. The van der Waals surface area contributed by atoms with Crippen LogP contribution in [0.25, 0.3) is 0 Å². The third kappa shape index (κ3) is 6.76. The minimum absolute atomic E-state index is 0.